The van der Waals surface area contributed by atoms with Gasteiger partial charge in [0.25, 0.3) is 0 Å². The third-order valence-corrected chi connectivity index (χ3v) is 5.29. The van der Waals surface area contributed by atoms with Crippen molar-refractivity contribution in [3.63, 3.8) is 0 Å². The Balaban J connectivity index is 1.33. The van der Waals surface area contributed by atoms with Crippen LogP contribution in [0.15, 0.2) is 67.0 Å². The zero-order chi connectivity index (χ0) is 19.3. The molecule has 2 heterocycles. The molecular formula is C23H21ClN2O2. The van der Waals surface area contributed by atoms with E-state index in [2.05, 4.69) is 22.4 Å². The molecule has 0 unspecified atom stereocenters. The van der Waals surface area contributed by atoms with Gasteiger partial charge in [-0.25, -0.2) is 0 Å². The average Bonchev–Trinajstić information content (AvgIpc) is 3.15. The van der Waals surface area contributed by atoms with Crippen LogP contribution in [0.1, 0.15) is 17.5 Å². The summed E-state index contributed by atoms with van der Waals surface area (Å²) in [5.74, 6) is 0.915. The molecule has 0 radical (unpaired) electrons. The number of hydrogen-bond donors (Lipinski definition) is 1. The largest absolute Gasteiger partial charge is 0.487 e. The lowest BCUT2D eigenvalue weighted by atomic mass is 10.0. The Hall–Kier alpha value is -2.85. The van der Waals surface area contributed by atoms with Gasteiger partial charge >= 0.3 is 0 Å². The van der Waals surface area contributed by atoms with Crippen LogP contribution in [-0.4, -0.2) is 23.5 Å². The fourth-order valence-electron chi connectivity index (χ4n) is 3.48. The van der Waals surface area contributed by atoms with Gasteiger partial charge < -0.3 is 10.1 Å². The number of pyridine rings is 1. The summed E-state index contributed by atoms with van der Waals surface area (Å²) in [6.07, 6.45) is 5.33. The van der Waals surface area contributed by atoms with Gasteiger partial charge in [-0.15, -0.1) is 0 Å². The van der Waals surface area contributed by atoms with E-state index in [-0.39, 0.29) is 12.0 Å². The smallest absolute Gasteiger partial charge is 0.220 e. The zero-order valence-electron chi connectivity index (χ0n) is 15.4. The van der Waals surface area contributed by atoms with Crippen LogP contribution in [0.3, 0.4) is 0 Å². The molecule has 0 bridgehead atoms. The average molecular weight is 393 g/mol. The minimum Gasteiger partial charge on any atom is -0.487 e. The molecular weight excluding hydrogens is 372 g/mol. The number of nitrogens with one attached hydrogen (secondary N) is 1. The molecule has 4 rings (SSSR count). The number of hydrogen-bond acceptors (Lipinski definition) is 3. The highest BCUT2D eigenvalue weighted by Gasteiger charge is 2.26. The predicted molar refractivity (Wildman–Crippen MR) is 111 cm³/mol. The van der Waals surface area contributed by atoms with Crippen molar-refractivity contribution >= 4 is 17.5 Å². The van der Waals surface area contributed by atoms with E-state index in [9.17, 15) is 4.79 Å². The van der Waals surface area contributed by atoms with Gasteiger partial charge in [0.2, 0.25) is 5.91 Å². The van der Waals surface area contributed by atoms with Crippen molar-refractivity contribution in [2.75, 3.05) is 6.54 Å². The number of aromatic nitrogens is 1. The number of fused-ring (bicyclic) bond motifs is 1. The van der Waals surface area contributed by atoms with E-state index in [4.69, 9.17) is 16.3 Å². The van der Waals surface area contributed by atoms with Crippen molar-refractivity contribution in [3.05, 3.63) is 83.1 Å². The van der Waals surface area contributed by atoms with Crippen molar-refractivity contribution in [1.82, 2.24) is 10.3 Å². The number of carbonyl (C=O) groups is 1. The summed E-state index contributed by atoms with van der Waals surface area (Å²) in [6.45, 7) is 0.492. The molecule has 0 saturated heterocycles. The summed E-state index contributed by atoms with van der Waals surface area (Å²) in [7, 11) is 0. The SMILES string of the molecule is O=C(CCc1ccccc1Cl)NC[C@H]1Cc2cccc(-c3ccncc3)c2O1. The molecule has 28 heavy (non-hydrogen) atoms. The van der Waals surface area contributed by atoms with Gasteiger partial charge in [0.15, 0.2) is 0 Å². The van der Waals surface area contributed by atoms with Gasteiger partial charge in [0, 0.05) is 35.8 Å². The van der Waals surface area contributed by atoms with E-state index in [1.54, 1.807) is 12.4 Å². The molecule has 1 N–H and O–H groups in total. The zero-order valence-corrected chi connectivity index (χ0v) is 16.2. The molecule has 0 fully saturated rings. The minimum atomic E-state index is -0.0535. The number of para-hydroxylation sites is 1. The topological polar surface area (TPSA) is 51.2 Å². The van der Waals surface area contributed by atoms with Crippen LogP contribution >= 0.6 is 11.6 Å². The molecule has 1 atom stereocenters. The highest BCUT2D eigenvalue weighted by molar-refractivity contribution is 6.31. The number of nitrogens with zero attached hydrogens (tertiary/aromatic N) is 1. The van der Waals surface area contributed by atoms with Crippen LogP contribution < -0.4 is 10.1 Å². The van der Waals surface area contributed by atoms with E-state index >= 15 is 0 Å². The molecule has 1 aliphatic rings. The third kappa shape index (κ3) is 4.18. The lowest BCUT2D eigenvalue weighted by molar-refractivity contribution is -0.121. The Kier molecular flexibility index (Phi) is 5.58. The second-order valence-corrected chi connectivity index (χ2v) is 7.28. The Morgan fingerprint density at radius 2 is 1.93 bits per heavy atom. The molecule has 5 heteroatoms. The molecule has 0 saturated carbocycles. The van der Waals surface area contributed by atoms with Gasteiger partial charge in [-0.3, -0.25) is 9.78 Å². The molecule has 4 nitrogen and oxygen atoms in total. The number of benzene rings is 2. The van der Waals surface area contributed by atoms with Gasteiger partial charge in [0.1, 0.15) is 11.9 Å². The molecule has 3 aromatic rings. The Morgan fingerprint density at radius 3 is 2.75 bits per heavy atom. The van der Waals surface area contributed by atoms with E-state index in [1.165, 1.54) is 5.56 Å². The van der Waals surface area contributed by atoms with Crippen molar-refractivity contribution < 1.29 is 9.53 Å². The van der Waals surface area contributed by atoms with Crippen LogP contribution in [0.25, 0.3) is 11.1 Å². The molecule has 1 aliphatic heterocycles. The van der Waals surface area contributed by atoms with Crippen LogP contribution in [0.2, 0.25) is 5.02 Å². The highest BCUT2D eigenvalue weighted by Crippen LogP contribution is 2.38. The van der Waals surface area contributed by atoms with Crippen LogP contribution in [0.5, 0.6) is 5.75 Å². The molecule has 1 aromatic heterocycles. The second kappa shape index (κ2) is 8.44. The monoisotopic (exact) mass is 392 g/mol. The Labute approximate surface area is 169 Å². The molecule has 2 aromatic carbocycles. The quantitative estimate of drug-likeness (QED) is 0.674. The fourth-order valence-corrected chi connectivity index (χ4v) is 3.71. The van der Waals surface area contributed by atoms with E-state index in [0.29, 0.717) is 24.4 Å². The van der Waals surface area contributed by atoms with E-state index in [0.717, 1.165) is 28.9 Å². The number of halogens is 1. The Morgan fingerprint density at radius 1 is 1.11 bits per heavy atom. The number of ether oxygens (including phenoxy) is 1. The Bertz CT molecular complexity index is 975. The lowest BCUT2D eigenvalue weighted by Crippen LogP contribution is -2.34. The molecule has 1 amide bonds. The first-order chi connectivity index (χ1) is 13.7. The van der Waals surface area contributed by atoms with Crippen molar-refractivity contribution in [3.8, 4) is 16.9 Å². The third-order valence-electron chi connectivity index (χ3n) is 4.93. The van der Waals surface area contributed by atoms with Gasteiger partial charge in [0.05, 0.1) is 6.54 Å². The van der Waals surface area contributed by atoms with Crippen LogP contribution in [-0.2, 0) is 17.6 Å². The van der Waals surface area contributed by atoms with Crippen molar-refractivity contribution in [2.24, 2.45) is 0 Å². The number of aryl methyl sites for hydroxylation is 1. The fraction of sp³-hybridized carbons (Fsp3) is 0.217. The maximum atomic E-state index is 12.2. The van der Waals surface area contributed by atoms with Gasteiger partial charge in [-0.1, -0.05) is 48.0 Å². The lowest BCUT2D eigenvalue weighted by Gasteiger charge is -2.14. The number of amides is 1. The first-order valence-corrected chi connectivity index (χ1v) is 9.77. The summed E-state index contributed by atoms with van der Waals surface area (Å²) >= 11 is 6.15. The van der Waals surface area contributed by atoms with Crippen molar-refractivity contribution in [2.45, 2.75) is 25.4 Å². The van der Waals surface area contributed by atoms with Crippen molar-refractivity contribution in [1.29, 1.82) is 0 Å². The summed E-state index contributed by atoms with van der Waals surface area (Å²) in [6, 6.07) is 17.8. The summed E-state index contributed by atoms with van der Waals surface area (Å²) < 4.78 is 6.17. The number of carbonyl (C=O) groups excluding carboxylic acids is 1. The highest BCUT2D eigenvalue weighted by atomic mass is 35.5. The first-order valence-electron chi connectivity index (χ1n) is 9.40. The molecule has 0 aliphatic carbocycles. The summed E-state index contributed by atoms with van der Waals surface area (Å²) in [5, 5.41) is 3.69. The maximum absolute atomic E-state index is 12.2. The van der Waals surface area contributed by atoms with Crippen LogP contribution in [0, 0.1) is 0 Å². The van der Waals surface area contributed by atoms with Gasteiger partial charge in [-0.2, -0.15) is 0 Å². The normalized spacial score (nSPS) is 15.0. The number of rotatable bonds is 6. The maximum Gasteiger partial charge on any atom is 0.220 e. The van der Waals surface area contributed by atoms with Crippen LogP contribution in [0.4, 0.5) is 0 Å². The predicted octanol–water partition coefficient (Wildman–Crippen LogP) is 4.45. The first kappa shape index (κ1) is 18.5. The summed E-state index contributed by atoms with van der Waals surface area (Å²) in [4.78, 5) is 16.3. The summed E-state index contributed by atoms with van der Waals surface area (Å²) in [5.41, 5.74) is 4.30. The minimum absolute atomic E-state index is 0.00818. The molecule has 142 valence electrons. The standard InChI is InChI=1S/C23H21ClN2O2/c24-21-7-2-1-4-17(21)8-9-22(27)26-15-19-14-18-5-3-6-20(23(18)28-19)16-10-12-25-13-11-16/h1-7,10-13,19H,8-9,14-15H2,(H,26,27)/t19-/m1/s1. The molecule has 0 spiro atoms. The van der Waals surface area contributed by atoms with E-state index < -0.39 is 0 Å². The second-order valence-electron chi connectivity index (χ2n) is 6.87. The van der Waals surface area contributed by atoms with E-state index in [1.807, 2.05) is 42.5 Å². The van der Waals surface area contributed by atoms with Gasteiger partial charge in [-0.05, 0) is 41.3 Å².